The summed E-state index contributed by atoms with van der Waals surface area (Å²) >= 11 is 0. The predicted octanol–water partition coefficient (Wildman–Crippen LogP) is 6.63. The van der Waals surface area contributed by atoms with Crippen molar-refractivity contribution < 1.29 is 53.1 Å². The highest BCUT2D eigenvalue weighted by Gasteiger charge is 2.38. The lowest BCUT2D eigenvalue weighted by Crippen LogP contribution is -2.59. The fourth-order valence-corrected chi connectivity index (χ4v) is 9.99. The molecule has 462 valence electrons. The molecule has 4 aromatic carbocycles. The predicted molar refractivity (Wildman–Crippen MR) is 323 cm³/mol. The Balaban J connectivity index is 1.55. The van der Waals surface area contributed by atoms with Crippen molar-refractivity contribution >= 4 is 47.0 Å². The third-order valence-corrected chi connectivity index (χ3v) is 14.5. The number of benzene rings is 4. The Labute approximate surface area is 499 Å². The van der Waals surface area contributed by atoms with Crippen LogP contribution in [0.3, 0.4) is 0 Å². The molecule has 2 aliphatic rings. The standard InChI is InChI=1S/C63H88N10O12/c1-7-8-9-10-11-12-13-14-21-28-53(75)70-57(63(81)65-32-22-29-54(76)69-56(44-26-19-16-20-27-44)62(80)66-33-23-34-72(4)5)55-45-39-50(74)58(84-6)52(40-45)85-51-31-30-43(38-49(51)73(82)83)37-48(67-59(77)46(64)35-41(2)3)60(78)68-47(61(79)71-55)36-42-24-17-15-18-25-42/h15-20,24-27,30-31,38-41,46-48,55-57,74H,7-14,21-23,28-29,32-37,64H2,1-6H3,(H,65,81)(H,66,80)(H,67,77)(H,68,78)(H,69,76)(H,70,75)(H,71,79)/t46-,47-,48+,55-,56-,57-/m1/s1. The Kier molecular flexibility index (Phi) is 28.1. The molecule has 22 nitrogen and oxygen atoms in total. The fourth-order valence-electron chi connectivity index (χ4n) is 9.99. The van der Waals surface area contributed by atoms with Crippen molar-refractivity contribution in [3.05, 3.63) is 123 Å². The number of ether oxygens (including phenoxy) is 2. The average Bonchev–Trinajstić information content (AvgIpc) is 3.62. The number of phenolic OH excluding ortho intramolecular Hbond substituents is 1. The molecule has 7 amide bonds. The number of nitro benzene ring substituents is 1. The van der Waals surface area contributed by atoms with Crippen LogP contribution in [0.25, 0.3) is 0 Å². The number of hydrogen-bond acceptors (Lipinski definition) is 14. The quantitative estimate of drug-likeness (QED) is 0.0141. The van der Waals surface area contributed by atoms with E-state index in [0.717, 1.165) is 51.5 Å². The lowest BCUT2D eigenvalue weighted by atomic mass is 9.95. The molecule has 85 heavy (non-hydrogen) atoms. The highest BCUT2D eigenvalue weighted by molar-refractivity contribution is 5.95. The van der Waals surface area contributed by atoms with E-state index in [0.29, 0.717) is 30.5 Å². The van der Waals surface area contributed by atoms with Crippen LogP contribution in [0.15, 0.2) is 91.0 Å². The highest BCUT2D eigenvalue weighted by atomic mass is 16.6. The second-order valence-corrected chi connectivity index (χ2v) is 22.3. The minimum Gasteiger partial charge on any atom is -0.504 e. The number of carbonyl (C=O) groups excluding carboxylic acids is 7. The topological polar surface area (TPSA) is 315 Å². The van der Waals surface area contributed by atoms with E-state index in [1.165, 1.54) is 43.9 Å². The van der Waals surface area contributed by atoms with Crippen molar-refractivity contribution in [1.29, 1.82) is 0 Å². The monoisotopic (exact) mass is 1180 g/mol. The number of rotatable bonds is 32. The maximum atomic E-state index is 15.2. The Morgan fingerprint density at radius 2 is 1.39 bits per heavy atom. The van der Waals surface area contributed by atoms with Crippen LogP contribution >= 0.6 is 0 Å². The average molecular weight is 1180 g/mol. The lowest BCUT2D eigenvalue weighted by molar-refractivity contribution is -0.385. The Morgan fingerprint density at radius 3 is 2.04 bits per heavy atom. The molecular formula is C63H88N10O12. The van der Waals surface area contributed by atoms with Crippen molar-refractivity contribution in [2.75, 3.05) is 40.8 Å². The molecule has 2 aliphatic heterocycles. The van der Waals surface area contributed by atoms with Crippen molar-refractivity contribution in [1.82, 2.24) is 42.1 Å². The third kappa shape index (κ3) is 22.4. The molecule has 0 radical (unpaired) electrons. The number of fused-ring (bicyclic) bond motifs is 9. The van der Waals surface area contributed by atoms with Crippen LogP contribution in [0.5, 0.6) is 23.0 Å². The minimum absolute atomic E-state index is 0.00519. The van der Waals surface area contributed by atoms with Gasteiger partial charge in [-0.1, -0.05) is 139 Å². The summed E-state index contributed by atoms with van der Waals surface area (Å²) < 4.78 is 11.8. The Morgan fingerprint density at radius 1 is 0.765 bits per heavy atom. The smallest absolute Gasteiger partial charge is 0.311 e. The molecule has 22 heteroatoms. The molecule has 0 fully saturated rings. The Bertz CT molecular complexity index is 2840. The molecule has 0 spiro atoms. The first-order valence-corrected chi connectivity index (χ1v) is 29.7. The zero-order chi connectivity index (χ0) is 61.8. The van der Waals surface area contributed by atoms with E-state index in [9.17, 15) is 44.0 Å². The number of carbonyl (C=O) groups is 7. The van der Waals surface area contributed by atoms with E-state index in [4.69, 9.17) is 15.2 Å². The summed E-state index contributed by atoms with van der Waals surface area (Å²) in [7, 11) is 5.09. The number of unbranched alkanes of at least 4 members (excludes halogenated alkanes) is 8. The number of hydrogen-bond donors (Lipinski definition) is 9. The number of phenols is 1. The molecule has 0 aliphatic carbocycles. The second kappa shape index (κ2) is 35.2. The van der Waals surface area contributed by atoms with Gasteiger partial charge in [-0.2, -0.15) is 0 Å². The van der Waals surface area contributed by atoms with Gasteiger partial charge in [0.05, 0.1) is 24.1 Å². The van der Waals surface area contributed by atoms with E-state index in [1.807, 2.05) is 32.8 Å². The van der Waals surface area contributed by atoms with Crippen LogP contribution in [0.4, 0.5) is 5.69 Å². The van der Waals surface area contributed by atoms with Crippen LogP contribution in [0.2, 0.25) is 0 Å². The number of methoxy groups -OCH3 is 1. The minimum atomic E-state index is -1.68. The van der Waals surface area contributed by atoms with Crippen LogP contribution in [0, 0.1) is 16.0 Å². The van der Waals surface area contributed by atoms with Crippen LogP contribution in [0.1, 0.15) is 145 Å². The summed E-state index contributed by atoms with van der Waals surface area (Å²) in [6.45, 7) is 6.92. The molecule has 0 aromatic heterocycles. The number of amides is 7. The Hall–Kier alpha value is -8.11. The number of aromatic hydroxyl groups is 1. The van der Waals surface area contributed by atoms with E-state index >= 15 is 4.79 Å². The van der Waals surface area contributed by atoms with Gasteiger partial charge in [0, 0.05) is 44.8 Å². The molecule has 6 rings (SSSR count). The van der Waals surface area contributed by atoms with Gasteiger partial charge in [0.1, 0.15) is 24.2 Å². The molecule has 6 atom stereocenters. The molecule has 0 saturated heterocycles. The maximum Gasteiger partial charge on any atom is 0.311 e. The summed E-state index contributed by atoms with van der Waals surface area (Å²) in [6, 6.07) is 15.7. The summed E-state index contributed by atoms with van der Waals surface area (Å²) in [5.74, 6) is -6.07. The SMILES string of the molecule is CCCCCCCCCCCC(=O)N[C@@H](C(=O)NCCCC(=O)N[C@@H](C(=O)NCCCN(C)C)c1ccccc1)[C@@H]1NC(=O)[C@@H](Cc2ccccc2)NC(=O)[C@@H](NC(=O)[C@H](N)CC(C)C)Cc2ccc(c([N+](=O)[O-])c2)Oc2cc1cc(O)c2OC. The lowest BCUT2D eigenvalue weighted by Gasteiger charge is -2.31. The number of nitrogens with one attached hydrogen (secondary N) is 7. The van der Waals surface area contributed by atoms with Crippen LogP contribution < -0.4 is 52.4 Å². The highest BCUT2D eigenvalue weighted by Crippen LogP contribution is 2.44. The largest absolute Gasteiger partial charge is 0.504 e. The van der Waals surface area contributed by atoms with Gasteiger partial charge < -0.3 is 62.4 Å². The molecule has 4 aromatic rings. The van der Waals surface area contributed by atoms with Crippen molar-refractivity contribution in [2.24, 2.45) is 11.7 Å². The number of nitrogens with two attached hydrogens (primary N) is 1. The summed E-state index contributed by atoms with van der Waals surface area (Å²) in [5, 5.41) is 44.3. The van der Waals surface area contributed by atoms with E-state index in [-0.39, 0.29) is 79.4 Å². The van der Waals surface area contributed by atoms with Gasteiger partial charge in [-0.25, -0.2) is 0 Å². The van der Waals surface area contributed by atoms with E-state index in [1.54, 1.807) is 60.7 Å². The third-order valence-electron chi connectivity index (χ3n) is 14.5. The van der Waals surface area contributed by atoms with Gasteiger partial charge in [-0.15, -0.1) is 0 Å². The second-order valence-electron chi connectivity index (χ2n) is 22.3. The van der Waals surface area contributed by atoms with Gasteiger partial charge in [-0.05, 0) is 92.7 Å². The van der Waals surface area contributed by atoms with Gasteiger partial charge in [0.2, 0.25) is 52.8 Å². The summed E-state index contributed by atoms with van der Waals surface area (Å²) in [6.07, 6.45) is 9.21. The summed E-state index contributed by atoms with van der Waals surface area (Å²) in [4.78, 5) is 114. The molecule has 2 heterocycles. The molecule has 0 saturated carbocycles. The van der Waals surface area contributed by atoms with Crippen LogP contribution in [-0.2, 0) is 46.4 Å². The molecule has 4 bridgehead atoms. The van der Waals surface area contributed by atoms with Crippen molar-refractivity contribution in [3.63, 3.8) is 0 Å². The van der Waals surface area contributed by atoms with E-state index < -0.39 is 94.0 Å². The fraction of sp³-hybridized carbons (Fsp3) is 0.508. The van der Waals surface area contributed by atoms with Crippen molar-refractivity contribution in [2.45, 2.75) is 160 Å². The van der Waals surface area contributed by atoms with Gasteiger partial charge >= 0.3 is 5.69 Å². The summed E-state index contributed by atoms with van der Waals surface area (Å²) in [5.41, 5.74) is 7.08. The first-order valence-electron chi connectivity index (χ1n) is 29.7. The van der Waals surface area contributed by atoms with E-state index in [2.05, 4.69) is 44.1 Å². The van der Waals surface area contributed by atoms with Gasteiger partial charge in [0.25, 0.3) is 0 Å². The maximum absolute atomic E-state index is 15.2. The first kappa shape index (κ1) is 67.7. The number of nitrogens with zero attached hydrogens (tertiary/aromatic N) is 2. The number of nitro groups is 1. The normalized spacial score (nSPS) is 16.2. The zero-order valence-electron chi connectivity index (χ0n) is 50.0. The van der Waals surface area contributed by atoms with Crippen molar-refractivity contribution in [3.8, 4) is 23.0 Å². The first-order chi connectivity index (χ1) is 40.8. The molecular weight excluding hydrogens is 1090 g/mol. The van der Waals surface area contributed by atoms with Gasteiger partial charge in [-0.3, -0.25) is 43.7 Å². The zero-order valence-corrected chi connectivity index (χ0v) is 50.0. The molecule has 0 unspecified atom stereocenters. The van der Waals surface area contributed by atoms with Gasteiger partial charge in [0.15, 0.2) is 11.5 Å². The van der Waals surface area contributed by atoms with Crippen LogP contribution in [-0.4, -0.2) is 121 Å². The molecule has 10 N–H and O–H groups in total.